The number of benzene rings is 4. The Morgan fingerprint density at radius 1 is 0.974 bits per heavy atom. The summed E-state index contributed by atoms with van der Waals surface area (Å²) in [6.45, 7) is 12.0. The average Bonchev–Trinajstić information content (AvgIpc) is 4.12. The Morgan fingerprint density at radius 3 is 2.49 bits per heavy atom. The molecular weight excluding hydrogens is 1000 g/mol. The van der Waals surface area contributed by atoms with Crippen LogP contribution in [0.25, 0.3) is 21.3 Å². The Bertz CT molecular complexity index is 3360. The smallest absolute Gasteiger partial charge is 0.268 e. The molecule has 2 saturated carbocycles. The molecule has 4 fully saturated rings. The molecule has 2 saturated heterocycles. The molecule has 1 atom stereocenters. The van der Waals surface area contributed by atoms with Crippen molar-refractivity contribution in [1.82, 2.24) is 29.5 Å². The topological polar surface area (TPSA) is 191 Å². The highest BCUT2D eigenvalue weighted by Crippen LogP contribution is 2.54. The van der Waals surface area contributed by atoms with Crippen LogP contribution in [0.1, 0.15) is 111 Å². The maximum absolute atomic E-state index is 16.7. The first-order chi connectivity index (χ1) is 36.5. The van der Waals surface area contributed by atoms with Crippen LogP contribution in [0.5, 0.6) is 17.2 Å². The number of methoxy groups -OCH3 is 1. The van der Waals surface area contributed by atoms with Crippen molar-refractivity contribution in [2.24, 2.45) is 11.3 Å². The summed E-state index contributed by atoms with van der Waals surface area (Å²) >= 11 is 1.23. The van der Waals surface area contributed by atoms with Crippen LogP contribution in [-0.4, -0.2) is 102 Å². The molecule has 4 aromatic carbocycles. The molecule has 5 heterocycles. The Labute approximate surface area is 448 Å². The number of halogens is 1. The number of thiazole rings is 1. The molecule has 2 aliphatic carbocycles. The van der Waals surface area contributed by atoms with Crippen molar-refractivity contribution in [3.63, 3.8) is 0 Å². The van der Waals surface area contributed by atoms with E-state index in [1.54, 1.807) is 19.4 Å². The van der Waals surface area contributed by atoms with Crippen molar-refractivity contribution < 1.29 is 32.2 Å². The van der Waals surface area contributed by atoms with Gasteiger partial charge in [0.25, 0.3) is 15.9 Å². The van der Waals surface area contributed by atoms with Gasteiger partial charge in [-0.2, -0.15) is 0 Å². The van der Waals surface area contributed by atoms with E-state index in [1.165, 1.54) is 51.9 Å². The minimum Gasteiger partial charge on any atom is -0.497 e. The van der Waals surface area contributed by atoms with Gasteiger partial charge < -0.3 is 35.5 Å². The number of fused-ring (bicyclic) bond motifs is 2. The number of anilines is 3. The lowest BCUT2D eigenvalue weighted by Crippen LogP contribution is -2.60. The number of piperazine rings is 1. The number of piperidine rings is 1. The van der Waals surface area contributed by atoms with Crippen molar-refractivity contribution >= 4 is 65.6 Å². The average molecular weight is 1070 g/mol. The van der Waals surface area contributed by atoms with Crippen molar-refractivity contribution in [1.29, 1.82) is 0 Å². The van der Waals surface area contributed by atoms with E-state index in [2.05, 4.69) is 85.0 Å². The molecular formula is C58H68FN9O6S2. The number of nitrogens with zero attached hydrogens (tertiary/aromatic N) is 5. The standard InChI is InChI=1S/C58H68FN9O6S2/c1-36(2)43-7-5-6-8-44(43)49-34-66(33-38-9-11-41(73-4)12-10-38)23-24-68(49)40-29-58(30-40)18-21-67(22-19-58)48-28-50(74-42-25-39-15-20-61-55(39)63-32-42)45(26-46(48)59)56(69)65-76(71,72)51-27-47(60)52(54-53(51)64-35-75-54)62-31-37-13-16-57(3,70)17-14-37/h5-12,15,20,25-28,32,35-37,40,49,62,70H,13-14,16-19,21-24,29-31,33-34,60H2,1-4H3,(H,61,63)(H,65,69)/t37-,49-,57-/m0/s1. The number of aromatic nitrogens is 3. The maximum atomic E-state index is 16.7. The van der Waals surface area contributed by atoms with Crippen LogP contribution >= 0.6 is 11.3 Å². The molecule has 1 spiro atoms. The van der Waals surface area contributed by atoms with E-state index in [-0.39, 0.29) is 50.3 Å². The normalized spacial score (nSPS) is 21.5. The quantitative estimate of drug-likeness (QED) is 0.0610. The first kappa shape index (κ1) is 51.8. The zero-order chi connectivity index (χ0) is 52.9. The second kappa shape index (κ2) is 20.9. The highest BCUT2D eigenvalue weighted by atomic mass is 32.2. The number of rotatable bonds is 15. The van der Waals surface area contributed by atoms with Gasteiger partial charge in [-0.25, -0.2) is 27.5 Å². The molecule has 1 amide bonds. The number of hydrogen-bond acceptors (Lipinski definition) is 14. The number of H-pyrrole nitrogens is 1. The molecule has 400 valence electrons. The molecule has 76 heavy (non-hydrogen) atoms. The molecule has 6 N–H and O–H groups in total. The van der Waals surface area contributed by atoms with Gasteiger partial charge in [-0.05, 0) is 129 Å². The van der Waals surface area contributed by atoms with Gasteiger partial charge in [-0.1, -0.05) is 50.2 Å². The van der Waals surface area contributed by atoms with Crippen LogP contribution in [0.15, 0.2) is 102 Å². The van der Waals surface area contributed by atoms with Gasteiger partial charge in [-0.15, -0.1) is 11.3 Å². The number of aliphatic hydroxyl groups is 1. The lowest BCUT2D eigenvalue weighted by molar-refractivity contribution is -0.0628. The van der Waals surface area contributed by atoms with Crippen LogP contribution in [0.4, 0.5) is 21.5 Å². The lowest BCUT2D eigenvalue weighted by atomic mass is 9.59. The summed E-state index contributed by atoms with van der Waals surface area (Å²) in [5.74, 6) is 0.0761. The fraction of sp³-hybridized carbons (Fsp3) is 0.431. The van der Waals surface area contributed by atoms with Gasteiger partial charge in [0.1, 0.15) is 39.1 Å². The van der Waals surface area contributed by atoms with E-state index in [0.29, 0.717) is 66.4 Å². The molecule has 15 nitrogen and oxygen atoms in total. The summed E-state index contributed by atoms with van der Waals surface area (Å²) in [6, 6.07) is 25.5. The van der Waals surface area contributed by atoms with Crippen molar-refractivity contribution in [2.45, 2.75) is 107 Å². The fourth-order valence-corrected chi connectivity index (χ4v) is 14.4. The monoisotopic (exact) mass is 1070 g/mol. The number of ether oxygens (including phenoxy) is 2. The molecule has 2 aliphatic heterocycles. The van der Waals surface area contributed by atoms with Crippen LogP contribution in [-0.2, 0) is 16.6 Å². The Morgan fingerprint density at radius 2 is 1.74 bits per heavy atom. The number of carbonyl (C=O) groups is 1. The van der Waals surface area contributed by atoms with Gasteiger partial charge in [0.15, 0.2) is 0 Å². The predicted molar refractivity (Wildman–Crippen MR) is 297 cm³/mol. The number of sulfonamides is 1. The number of pyridine rings is 1. The Kier molecular flexibility index (Phi) is 14.2. The zero-order valence-electron chi connectivity index (χ0n) is 43.6. The van der Waals surface area contributed by atoms with E-state index in [4.69, 9.17) is 15.2 Å². The van der Waals surface area contributed by atoms with E-state index < -0.39 is 27.3 Å². The van der Waals surface area contributed by atoms with Crippen LogP contribution in [0.2, 0.25) is 0 Å². The molecule has 3 aromatic heterocycles. The molecule has 4 aliphatic rings. The molecule has 0 bridgehead atoms. The first-order valence-electron chi connectivity index (χ1n) is 26.6. The molecule has 0 radical (unpaired) electrons. The van der Waals surface area contributed by atoms with Gasteiger partial charge in [0.2, 0.25) is 0 Å². The Hall–Kier alpha value is -6.31. The summed E-state index contributed by atoms with van der Waals surface area (Å²) in [5, 5.41) is 14.6. The van der Waals surface area contributed by atoms with Gasteiger partial charge in [0.05, 0.1) is 51.7 Å². The number of nitrogens with one attached hydrogen (secondary N) is 3. The third kappa shape index (κ3) is 10.6. The SMILES string of the molecule is COc1ccc(CN2CCN(C3CC4(CCN(c5cc(Oc6cnc7[nH]ccc7c6)c(C(=O)NS(=O)(=O)c6cc(N)c(NC[C@H]7CC[C@](C)(O)CC7)c7scnc67)cc5F)CC4)C3)[C@H](c3ccccc3C(C)C)C2)cc1. The van der Waals surface area contributed by atoms with Gasteiger partial charge >= 0.3 is 0 Å². The number of carbonyl (C=O) groups excluding carboxylic acids is 1. The first-order valence-corrected chi connectivity index (χ1v) is 29.0. The van der Waals surface area contributed by atoms with E-state index in [9.17, 15) is 18.3 Å². The summed E-state index contributed by atoms with van der Waals surface area (Å²) in [6.07, 6.45) is 10.2. The van der Waals surface area contributed by atoms with Crippen molar-refractivity contribution in [3.05, 3.63) is 125 Å². The predicted octanol–water partition coefficient (Wildman–Crippen LogP) is 10.6. The van der Waals surface area contributed by atoms with E-state index in [0.717, 1.165) is 81.9 Å². The minimum absolute atomic E-state index is 0.0225. The number of nitrogen functional groups attached to an aromatic ring is 1. The van der Waals surface area contributed by atoms with E-state index in [1.807, 2.05) is 30.0 Å². The number of amides is 1. The summed E-state index contributed by atoms with van der Waals surface area (Å²) in [5.41, 5.74) is 13.1. The lowest BCUT2D eigenvalue weighted by Gasteiger charge is -2.58. The summed E-state index contributed by atoms with van der Waals surface area (Å²) in [7, 11) is -2.92. The third-order valence-corrected chi connectivity index (χ3v) is 19.0. The Balaban J connectivity index is 0.804. The summed E-state index contributed by atoms with van der Waals surface area (Å²) in [4.78, 5) is 33.3. The molecule has 11 rings (SSSR count). The molecule has 0 unspecified atom stereocenters. The van der Waals surface area contributed by atoms with Crippen molar-refractivity contribution in [2.75, 3.05) is 62.3 Å². The van der Waals surface area contributed by atoms with Crippen LogP contribution in [0.3, 0.4) is 0 Å². The largest absolute Gasteiger partial charge is 0.497 e. The maximum Gasteiger partial charge on any atom is 0.268 e. The number of nitrogens with two attached hydrogens (primary N) is 1. The van der Waals surface area contributed by atoms with Crippen molar-refractivity contribution in [3.8, 4) is 17.2 Å². The summed E-state index contributed by atoms with van der Waals surface area (Å²) < 4.78 is 59.8. The van der Waals surface area contributed by atoms with Gasteiger partial charge in [0, 0.05) is 75.5 Å². The molecule has 7 aromatic rings. The second-order valence-corrected chi connectivity index (χ2v) is 24.8. The highest BCUT2D eigenvalue weighted by Gasteiger charge is 2.50. The zero-order valence-corrected chi connectivity index (χ0v) is 45.3. The number of aromatic amines is 1. The van der Waals surface area contributed by atoms with Crippen LogP contribution in [0, 0.1) is 17.2 Å². The minimum atomic E-state index is -4.62. The van der Waals surface area contributed by atoms with Crippen LogP contribution < -0.4 is 30.1 Å². The fourth-order valence-electron chi connectivity index (χ4n) is 12.4. The molecule has 18 heteroatoms. The van der Waals surface area contributed by atoms with Gasteiger partial charge in [-0.3, -0.25) is 14.6 Å². The second-order valence-electron chi connectivity index (χ2n) is 22.3. The highest BCUT2D eigenvalue weighted by molar-refractivity contribution is 7.90. The number of hydrogen-bond donors (Lipinski definition) is 5. The van der Waals surface area contributed by atoms with E-state index >= 15 is 4.39 Å². The third-order valence-electron chi connectivity index (χ3n) is 16.8.